The maximum Gasteiger partial charge on any atom is 0.472 e. The Hall–Kier alpha value is -2.97. The highest BCUT2D eigenvalue weighted by atomic mass is 31.2. The van der Waals surface area contributed by atoms with E-state index in [2.05, 4.69) is 86.8 Å². The van der Waals surface area contributed by atoms with E-state index in [0.717, 1.165) is 77.0 Å². The molecule has 6 unspecified atom stereocenters. The number of aliphatic hydroxyl groups excluding tert-OH is 5. The minimum absolute atomic E-state index is 0.0105. The van der Waals surface area contributed by atoms with Gasteiger partial charge in [0.2, 0.25) is 0 Å². The molecule has 0 aromatic carbocycles. The molecule has 0 amide bonds. The number of unbranched alkanes of at least 4 members (excludes halogenated alkanes) is 9. The van der Waals surface area contributed by atoms with Gasteiger partial charge in [-0.3, -0.25) is 18.6 Å². The normalized spacial score (nSPS) is 22.8. The summed E-state index contributed by atoms with van der Waals surface area (Å²) in [6.07, 6.45) is 33.6. The van der Waals surface area contributed by atoms with Gasteiger partial charge >= 0.3 is 19.8 Å². The van der Waals surface area contributed by atoms with Crippen LogP contribution in [0.4, 0.5) is 0 Å². The predicted molar refractivity (Wildman–Crippen MR) is 239 cm³/mol. The van der Waals surface area contributed by atoms with Crippen LogP contribution in [0, 0.1) is 0 Å². The topological polar surface area (TPSA) is 210 Å². The lowest BCUT2D eigenvalue weighted by Crippen LogP contribution is -2.64. The lowest BCUT2D eigenvalue weighted by Gasteiger charge is -2.41. The fourth-order valence-electron chi connectivity index (χ4n) is 6.12. The number of rotatable bonds is 35. The maximum absolute atomic E-state index is 12.8. The first-order valence-electron chi connectivity index (χ1n) is 22.4. The largest absolute Gasteiger partial charge is 0.472 e. The monoisotopic (exact) mass is 881 g/mol. The number of ether oxygens (including phenoxy) is 2. The summed E-state index contributed by atoms with van der Waals surface area (Å²) in [4.78, 5) is 35.6. The molecule has 0 aliphatic heterocycles. The van der Waals surface area contributed by atoms with Crippen molar-refractivity contribution in [3.8, 4) is 0 Å². The fourth-order valence-corrected chi connectivity index (χ4v) is 7.09. The van der Waals surface area contributed by atoms with Crippen molar-refractivity contribution in [3.63, 3.8) is 0 Å². The van der Waals surface area contributed by atoms with Gasteiger partial charge in [0.15, 0.2) is 6.10 Å². The molecule has 1 aliphatic rings. The number of esters is 2. The predicted octanol–water partition coefficient (Wildman–Crippen LogP) is 8.50. The summed E-state index contributed by atoms with van der Waals surface area (Å²) >= 11 is 0. The zero-order valence-electron chi connectivity index (χ0n) is 36.7. The number of carbonyl (C=O) groups excluding carboxylic acids is 2. The Labute approximate surface area is 365 Å². The van der Waals surface area contributed by atoms with Crippen LogP contribution in [-0.4, -0.2) is 98.3 Å². The van der Waals surface area contributed by atoms with E-state index in [1.54, 1.807) is 0 Å². The molecule has 1 fully saturated rings. The van der Waals surface area contributed by atoms with Gasteiger partial charge in [-0.2, -0.15) is 0 Å². The van der Waals surface area contributed by atoms with E-state index in [1.807, 2.05) is 12.2 Å². The van der Waals surface area contributed by atoms with E-state index in [0.29, 0.717) is 19.3 Å². The van der Waals surface area contributed by atoms with Crippen molar-refractivity contribution in [2.45, 2.75) is 185 Å². The molecule has 1 saturated carbocycles. The minimum atomic E-state index is -5.14. The van der Waals surface area contributed by atoms with Gasteiger partial charge in [-0.15, -0.1) is 0 Å². The van der Waals surface area contributed by atoms with Crippen LogP contribution in [0.25, 0.3) is 0 Å². The number of carbonyl (C=O) groups is 2. The molecule has 6 N–H and O–H groups in total. The van der Waals surface area contributed by atoms with Crippen molar-refractivity contribution in [2.24, 2.45) is 0 Å². The quantitative estimate of drug-likeness (QED) is 0.0153. The number of phosphoric ester groups is 1. The van der Waals surface area contributed by atoms with Gasteiger partial charge in [-0.25, -0.2) is 4.57 Å². The molecule has 348 valence electrons. The average Bonchev–Trinajstić information content (AvgIpc) is 3.24. The maximum atomic E-state index is 12.8. The van der Waals surface area contributed by atoms with E-state index in [9.17, 15) is 44.6 Å². The van der Waals surface area contributed by atoms with Gasteiger partial charge in [0, 0.05) is 12.8 Å². The third-order valence-corrected chi connectivity index (χ3v) is 10.7. The molecule has 13 nitrogen and oxygen atoms in total. The van der Waals surface area contributed by atoms with E-state index in [-0.39, 0.29) is 12.8 Å². The van der Waals surface area contributed by atoms with Crippen LogP contribution in [0.15, 0.2) is 85.1 Å². The Balaban J connectivity index is 2.54. The number of hydrogen-bond acceptors (Lipinski definition) is 12. The molecule has 0 aromatic heterocycles. The van der Waals surface area contributed by atoms with E-state index < -0.39 is 75.7 Å². The molecule has 1 rings (SSSR count). The van der Waals surface area contributed by atoms with Crippen molar-refractivity contribution in [1.82, 2.24) is 0 Å². The summed E-state index contributed by atoms with van der Waals surface area (Å²) in [5.41, 5.74) is 0. The SMILES string of the molecule is CC/C=C\C/C=C\C/C=C\C/C=C\C/C=C\CCCC(=O)O[C@H](COC(=O)CCCCCCC/C=C\C/C=C\CCCCC)COP(=O)(O)OC1C(O)C(O)C(O)[C@@H](O)C1O. The molecule has 0 spiro atoms. The summed E-state index contributed by atoms with van der Waals surface area (Å²) in [5.74, 6) is -1.19. The summed E-state index contributed by atoms with van der Waals surface area (Å²) in [6, 6.07) is 0. The Kier molecular flexibility index (Phi) is 33.5. The molecule has 61 heavy (non-hydrogen) atoms. The van der Waals surface area contributed by atoms with Crippen LogP contribution in [0.1, 0.15) is 142 Å². The fraction of sp³-hybridized carbons (Fsp3) is 0.660. The lowest BCUT2D eigenvalue weighted by atomic mass is 9.85. The Morgan fingerprint density at radius 3 is 1.48 bits per heavy atom. The lowest BCUT2D eigenvalue weighted by molar-refractivity contribution is -0.220. The molecule has 1 aliphatic carbocycles. The molecule has 0 saturated heterocycles. The van der Waals surface area contributed by atoms with E-state index in [1.165, 1.54) is 19.3 Å². The smallest absolute Gasteiger partial charge is 0.462 e. The Morgan fingerprint density at radius 2 is 0.951 bits per heavy atom. The Bertz CT molecular complexity index is 1390. The molecule has 0 aromatic rings. The second-order valence-electron chi connectivity index (χ2n) is 15.2. The van der Waals surface area contributed by atoms with Gasteiger partial charge in [-0.1, -0.05) is 131 Å². The van der Waals surface area contributed by atoms with Crippen LogP contribution in [0.5, 0.6) is 0 Å². The summed E-state index contributed by atoms with van der Waals surface area (Å²) in [5, 5.41) is 50.1. The van der Waals surface area contributed by atoms with Crippen molar-refractivity contribution >= 4 is 19.8 Å². The third-order valence-electron chi connectivity index (χ3n) is 9.72. The van der Waals surface area contributed by atoms with Crippen LogP contribution >= 0.6 is 7.82 Å². The van der Waals surface area contributed by atoms with Crippen molar-refractivity contribution in [3.05, 3.63) is 85.1 Å². The van der Waals surface area contributed by atoms with Crippen LogP contribution in [0.2, 0.25) is 0 Å². The van der Waals surface area contributed by atoms with E-state index in [4.69, 9.17) is 18.5 Å². The molecule has 8 atom stereocenters. The molecule has 14 heteroatoms. The molecule has 0 radical (unpaired) electrons. The van der Waals surface area contributed by atoms with E-state index >= 15 is 0 Å². The van der Waals surface area contributed by atoms with Crippen molar-refractivity contribution in [1.29, 1.82) is 0 Å². The average molecular weight is 881 g/mol. The van der Waals surface area contributed by atoms with Gasteiger partial charge in [0.05, 0.1) is 6.61 Å². The highest BCUT2D eigenvalue weighted by Gasteiger charge is 2.51. The number of phosphoric acid groups is 1. The molecule has 0 bridgehead atoms. The molecular formula is C47H77O13P. The zero-order valence-corrected chi connectivity index (χ0v) is 37.6. The summed E-state index contributed by atoms with van der Waals surface area (Å²) < 4.78 is 33.4. The van der Waals surface area contributed by atoms with Gasteiger partial charge in [-0.05, 0) is 83.5 Å². The second kappa shape index (κ2) is 36.5. The van der Waals surface area contributed by atoms with Crippen LogP contribution in [0.3, 0.4) is 0 Å². The highest BCUT2D eigenvalue weighted by Crippen LogP contribution is 2.47. The first-order chi connectivity index (χ1) is 29.4. The standard InChI is InChI=1S/C47H77O13P/c1-3-5-7-9-11-13-15-17-19-20-22-24-26-28-30-32-34-36-41(49)59-39(38-58-61(55,56)60-47-45(53)43(51)42(50)44(52)46(47)54)37-57-40(48)35-33-31-29-27-25-23-21-18-16-14-12-10-8-6-4-2/h5,7,11-14,17-19,21-22,24,28,30,39,42-47,50-54H,3-4,6,8-10,15-16,20,23,25-27,29,31-38H2,1-2H3,(H,55,56)/b7-5-,13-11-,14-12-,19-17-,21-18-,24-22-,30-28-/t39-,42?,43-,44?,45?,46?,47?/m1/s1. The highest BCUT2D eigenvalue weighted by molar-refractivity contribution is 7.47. The van der Waals surface area contributed by atoms with Crippen LogP contribution in [-0.2, 0) is 32.7 Å². The zero-order chi connectivity index (χ0) is 45.0. The molecular weight excluding hydrogens is 803 g/mol. The van der Waals surface area contributed by atoms with Crippen molar-refractivity contribution in [2.75, 3.05) is 13.2 Å². The first-order valence-corrected chi connectivity index (χ1v) is 23.9. The van der Waals surface area contributed by atoms with Gasteiger partial charge in [0.1, 0.15) is 43.2 Å². The van der Waals surface area contributed by atoms with Crippen molar-refractivity contribution < 1.29 is 63.1 Å². The number of allylic oxidation sites excluding steroid dienone is 14. The third kappa shape index (κ3) is 29.1. The first kappa shape index (κ1) is 56.0. The van der Waals surface area contributed by atoms with Gasteiger partial charge in [0.25, 0.3) is 0 Å². The molecule has 0 heterocycles. The minimum Gasteiger partial charge on any atom is -0.462 e. The second-order valence-corrected chi connectivity index (χ2v) is 16.6. The van der Waals surface area contributed by atoms with Gasteiger partial charge < -0.3 is 39.9 Å². The number of aliphatic hydroxyl groups is 5. The Morgan fingerprint density at radius 1 is 0.525 bits per heavy atom. The number of hydrogen-bond donors (Lipinski definition) is 6. The van der Waals surface area contributed by atoms with Crippen LogP contribution < -0.4 is 0 Å². The summed E-state index contributed by atoms with van der Waals surface area (Å²) in [7, 11) is -5.14. The summed E-state index contributed by atoms with van der Waals surface area (Å²) in [6.45, 7) is 3.08.